The Morgan fingerprint density at radius 1 is 1.12 bits per heavy atom. The number of aromatic nitrogens is 2. The molecule has 0 N–H and O–H groups in total. The Balaban J connectivity index is 1.21. The number of piperazine rings is 1. The second-order valence-electron chi connectivity index (χ2n) is 9.24. The van der Waals surface area contributed by atoms with Crippen LogP contribution in [0.1, 0.15) is 62.1 Å². The SMILES string of the molecule is CC(C)c1noc(N2CCN(C(C)CCOc3ccc(C(=O)N4CCCC4)cc3F)CC2)n1. The third-order valence-corrected chi connectivity index (χ3v) is 6.52. The molecule has 2 fully saturated rings. The highest BCUT2D eigenvalue weighted by Gasteiger charge is 2.25. The number of likely N-dealkylation sites (tertiary alicyclic amines) is 1. The molecule has 33 heavy (non-hydrogen) atoms. The molecule has 0 spiro atoms. The van der Waals surface area contributed by atoms with E-state index >= 15 is 0 Å². The number of benzene rings is 1. The summed E-state index contributed by atoms with van der Waals surface area (Å²) in [7, 11) is 0. The van der Waals surface area contributed by atoms with E-state index in [0.29, 0.717) is 24.2 Å². The molecule has 1 atom stereocenters. The minimum atomic E-state index is -0.485. The lowest BCUT2D eigenvalue weighted by Crippen LogP contribution is -2.50. The molecule has 1 unspecified atom stereocenters. The maximum atomic E-state index is 14.5. The molecular formula is C24H34FN5O3. The van der Waals surface area contributed by atoms with Gasteiger partial charge in [0.1, 0.15) is 0 Å². The van der Waals surface area contributed by atoms with E-state index in [1.165, 1.54) is 6.07 Å². The van der Waals surface area contributed by atoms with Crippen molar-refractivity contribution in [1.29, 1.82) is 0 Å². The van der Waals surface area contributed by atoms with Gasteiger partial charge in [0.2, 0.25) is 0 Å². The van der Waals surface area contributed by atoms with Crippen LogP contribution in [0.2, 0.25) is 0 Å². The Bertz CT molecular complexity index is 936. The Morgan fingerprint density at radius 3 is 2.48 bits per heavy atom. The van der Waals surface area contributed by atoms with Crippen molar-refractivity contribution in [2.24, 2.45) is 0 Å². The Kier molecular flexibility index (Phi) is 7.47. The molecule has 1 aromatic carbocycles. The highest BCUT2D eigenvalue weighted by atomic mass is 19.1. The van der Waals surface area contributed by atoms with E-state index in [1.807, 2.05) is 13.8 Å². The van der Waals surface area contributed by atoms with E-state index in [2.05, 4.69) is 26.9 Å². The molecule has 3 heterocycles. The number of amides is 1. The van der Waals surface area contributed by atoms with Gasteiger partial charge in [-0.05, 0) is 44.4 Å². The summed E-state index contributed by atoms with van der Waals surface area (Å²) in [6.07, 6.45) is 2.81. The maximum absolute atomic E-state index is 14.5. The van der Waals surface area contributed by atoms with Crippen LogP contribution in [-0.2, 0) is 0 Å². The third-order valence-electron chi connectivity index (χ3n) is 6.52. The van der Waals surface area contributed by atoms with Crippen LogP contribution in [0.3, 0.4) is 0 Å². The minimum Gasteiger partial charge on any atom is -0.490 e. The molecule has 4 rings (SSSR count). The van der Waals surface area contributed by atoms with Crippen LogP contribution in [0.25, 0.3) is 0 Å². The van der Waals surface area contributed by atoms with Gasteiger partial charge in [-0.2, -0.15) is 4.98 Å². The number of anilines is 1. The summed E-state index contributed by atoms with van der Waals surface area (Å²) < 4.78 is 25.6. The fraction of sp³-hybridized carbons (Fsp3) is 0.625. The van der Waals surface area contributed by atoms with Gasteiger partial charge in [-0.25, -0.2) is 4.39 Å². The third kappa shape index (κ3) is 5.63. The zero-order valence-corrected chi connectivity index (χ0v) is 19.8. The molecule has 8 nitrogen and oxygen atoms in total. The van der Waals surface area contributed by atoms with Gasteiger partial charge in [0.05, 0.1) is 6.61 Å². The second kappa shape index (κ2) is 10.5. The monoisotopic (exact) mass is 459 g/mol. The number of hydrogen-bond donors (Lipinski definition) is 0. The van der Waals surface area contributed by atoms with Gasteiger partial charge in [0.25, 0.3) is 5.91 Å². The largest absolute Gasteiger partial charge is 0.490 e. The van der Waals surface area contributed by atoms with Gasteiger partial charge in [-0.1, -0.05) is 19.0 Å². The van der Waals surface area contributed by atoms with Crippen LogP contribution in [0.15, 0.2) is 22.7 Å². The van der Waals surface area contributed by atoms with E-state index in [-0.39, 0.29) is 17.6 Å². The molecule has 1 aromatic heterocycles. The van der Waals surface area contributed by atoms with E-state index in [0.717, 1.165) is 64.4 Å². The lowest BCUT2D eigenvalue weighted by molar-refractivity contribution is 0.0792. The number of carbonyl (C=O) groups is 1. The van der Waals surface area contributed by atoms with E-state index < -0.39 is 5.82 Å². The van der Waals surface area contributed by atoms with Crippen LogP contribution in [0.5, 0.6) is 5.75 Å². The number of nitrogens with zero attached hydrogens (tertiary/aromatic N) is 5. The molecule has 0 bridgehead atoms. The number of rotatable bonds is 8. The first kappa shape index (κ1) is 23.5. The lowest BCUT2D eigenvalue weighted by Gasteiger charge is -2.37. The summed E-state index contributed by atoms with van der Waals surface area (Å²) in [5.41, 5.74) is 0.384. The van der Waals surface area contributed by atoms with Crippen molar-refractivity contribution in [3.63, 3.8) is 0 Å². The summed E-state index contributed by atoms with van der Waals surface area (Å²) in [5.74, 6) is 0.588. The molecule has 2 aliphatic rings. The first-order valence-electron chi connectivity index (χ1n) is 12.0. The van der Waals surface area contributed by atoms with E-state index in [4.69, 9.17) is 9.26 Å². The predicted molar refractivity (Wildman–Crippen MR) is 123 cm³/mol. The quantitative estimate of drug-likeness (QED) is 0.598. The maximum Gasteiger partial charge on any atom is 0.324 e. The molecule has 2 aliphatic heterocycles. The van der Waals surface area contributed by atoms with E-state index in [9.17, 15) is 9.18 Å². The summed E-state index contributed by atoms with van der Waals surface area (Å²) in [6, 6.07) is 5.42. The number of carbonyl (C=O) groups excluding carboxylic acids is 1. The zero-order valence-electron chi connectivity index (χ0n) is 19.8. The first-order valence-corrected chi connectivity index (χ1v) is 12.0. The highest BCUT2D eigenvalue weighted by Crippen LogP contribution is 2.22. The van der Waals surface area contributed by atoms with Crippen molar-refractivity contribution >= 4 is 11.9 Å². The predicted octanol–water partition coefficient (Wildman–Crippen LogP) is 3.55. The molecule has 180 valence electrons. The van der Waals surface area contributed by atoms with Crippen molar-refractivity contribution < 1.29 is 18.4 Å². The number of ether oxygens (including phenoxy) is 1. The first-order chi connectivity index (χ1) is 15.9. The average Bonchev–Trinajstić information content (AvgIpc) is 3.52. The smallest absolute Gasteiger partial charge is 0.324 e. The van der Waals surface area contributed by atoms with Crippen LogP contribution in [0, 0.1) is 5.82 Å². The number of halogens is 1. The molecule has 2 aromatic rings. The van der Waals surface area contributed by atoms with Gasteiger partial charge in [-0.15, -0.1) is 0 Å². The fourth-order valence-corrected chi connectivity index (χ4v) is 4.32. The van der Waals surface area contributed by atoms with Gasteiger partial charge < -0.3 is 19.1 Å². The zero-order chi connectivity index (χ0) is 23.4. The summed E-state index contributed by atoms with van der Waals surface area (Å²) in [6.45, 7) is 11.6. The van der Waals surface area contributed by atoms with Gasteiger partial charge in [0.15, 0.2) is 17.4 Å². The summed E-state index contributed by atoms with van der Waals surface area (Å²) >= 11 is 0. The van der Waals surface area contributed by atoms with E-state index in [1.54, 1.807) is 17.0 Å². The van der Waals surface area contributed by atoms with Crippen molar-refractivity contribution in [3.8, 4) is 5.75 Å². The minimum absolute atomic E-state index is 0.105. The highest BCUT2D eigenvalue weighted by molar-refractivity contribution is 5.94. The van der Waals surface area contributed by atoms with Crippen molar-refractivity contribution in [1.82, 2.24) is 19.9 Å². The molecule has 0 radical (unpaired) electrons. The van der Waals surface area contributed by atoms with Crippen LogP contribution < -0.4 is 9.64 Å². The van der Waals surface area contributed by atoms with Crippen molar-refractivity contribution in [2.45, 2.75) is 52.0 Å². The molecular weight excluding hydrogens is 425 g/mol. The van der Waals surface area contributed by atoms with Crippen LogP contribution in [0.4, 0.5) is 10.4 Å². The number of hydrogen-bond acceptors (Lipinski definition) is 7. The lowest BCUT2D eigenvalue weighted by atomic mass is 10.1. The van der Waals surface area contributed by atoms with Crippen molar-refractivity contribution in [2.75, 3.05) is 50.8 Å². The van der Waals surface area contributed by atoms with Gasteiger partial charge >= 0.3 is 6.01 Å². The fourth-order valence-electron chi connectivity index (χ4n) is 4.32. The average molecular weight is 460 g/mol. The molecule has 2 saturated heterocycles. The molecule has 0 saturated carbocycles. The van der Waals surface area contributed by atoms with Crippen LogP contribution in [-0.4, -0.2) is 77.8 Å². The standard InChI is InChI=1S/C24H34FN5O3/c1-17(2)22-26-24(33-27-22)30-13-11-28(12-14-30)18(3)8-15-32-21-7-6-19(16-20(21)25)23(31)29-9-4-5-10-29/h6-7,16-18H,4-5,8-15H2,1-3H3. The Morgan fingerprint density at radius 2 is 1.85 bits per heavy atom. The Hall–Kier alpha value is -2.68. The molecule has 0 aliphatic carbocycles. The molecule has 9 heteroatoms. The second-order valence-corrected chi connectivity index (χ2v) is 9.24. The van der Waals surface area contributed by atoms with Crippen molar-refractivity contribution in [3.05, 3.63) is 35.4 Å². The van der Waals surface area contributed by atoms with Crippen LogP contribution >= 0.6 is 0 Å². The summed E-state index contributed by atoms with van der Waals surface area (Å²) in [4.78, 5) is 23.2. The summed E-state index contributed by atoms with van der Waals surface area (Å²) in [5, 5.41) is 4.05. The normalized spacial score (nSPS) is 18.2. The topological polar surface area (TPSA) is 74.9 Å². The Labute approximate surface area is 194 Å². The van der Waals surface area contributed by atoms with Gasteiger partial charge in [-0.3, -0.25) is 9.69 Å². The van der Waals surface area contributed by atoms with Gasteiger partial charge in [0, 0.05) is 56.8 Å². The molecule has 1 amide bonds.